The molecule has 0 unspecified atom stereocenters. The van der Waals surface area contributed by atoms with Gasteiger partial charge in [0.05, 0.1) is 13.7 Å². The van der Waals surface area contributed by atoms with E-state index < -0.39 is 12.7 Å². The van der Waals surface area contributed by atoms with Crippen molar-refractivity contribution in [2.24, 2.45) is 0 Å². The molecule has 0 fully saturated rings. The third kappa shape index (κ3) is 5.14. The van der Waals surface area contributed by atoms with Gasteiger partial charge in [0, 0.05) is 24.5 Å². The van der Waals surface area contributed by atoms with Gasteiger partial charge in [-0.05, 0) is 6.07 Å². The Morgan fingerprint density at radius 3 is 2.50 bits per heavy atom. The first-order valence-electron chi connectivity index (χ1n) is 5.43. The Hall–Kier alpha value is -0.940. The Bertz CT molecular complexity index is 371. The molecule has 0 aliphatic rings. The van der Waals surface area contributed by atoms with Gasteiger partial charge in [0.1, 0.15) is 5.75 Å². The Morgan fingerprint density at radius 1 is 1.28 bits per heavy atom. The second-order valence-electron chi connectivity index (χ2n) is 3.83. The smallest absolute Gasteiger partial charge is 0.401 e. The summed E-state index contributed by atoms with van der Waals surface area (Å²) in [6.45, 7) is -0.632. The van der Waals surface area contributed by atoms with E-state index >= 15 is 0 Å². The summed E-state index contributed by atoms with van der Waals surface area (Å²) >= 11 is 5.52. The van der Waals surface area contributed by atoms with E-state index in [1.165, 1.54) is 12.0 Å². The summed E-state index contributed by atoms with van der Waals surface area (Å²) in [4.78, 5) is 1.25. The number of ether oxygens (including phenoxy) is 1. The van der Waals surface area contributed by atoms with Crippen molar-refractivity contribution < 1.29 is 17.9 Å². The minimum atomic E-state index is -4.23. The standard InChI is InChI=1S/C12H15ClF3NO/c1-18-11-5-3-2-4-10(11)8-17(7-6-13)9-12(14,15)16/h2-5H,6-9H2,1H3. The Morgan fingerprint density at radius 2 is 1.94 bits per heavy atom. The van der Waals surface area contributed by atoms with Gasteiger partial charge in [-0.25, -0.2) is 0 Å². The first kappa shape index (κ1) is 15.1. The van der Waals surface area contributed by atoms with Gasteiger partial charge in [0.15, 0.2) is 0 Å². The van der Waals surface area contributed by atoms with Crippen LogP contribution in [0.1, 0.15) is 5.56 Å². The van der Waals surface area contributed by atoms with Crippen molar-refractivity contribution in [2.75, 3.05) is 26.1 Å². The maximum absolute atomic E-state index is 12.4. The largest absolute Gasteiger partial charge is 0.496 e. The fourth-order valence-corrected chi connectivity index (χ4v) is 1.90. The maximum atomic E-state index is 12.4. The molecule has 0 N–H and O–H groups in total. The highest BCUT2D eigenvalue weighted by molar-refractivity contribution is 6.18. The molecule has 1 aromatic rings. The number of hydrogen-bond donors (Lipinski definition) is 0. The highest BCUT2D eigenvalue weighted by Crippen LogP contribution is 2.22. The van der Waals surface area contributed by atoms with Crippen LogP contribution in [0.25, 0.3) is 0 Å². The second kappa shape index (κ2) is 6.85. The third-order valence-corrected chi connectivity index (χ3v) is 2.56. The van der Waals surface area contributed by atoms with Crippen molar-refractivity contribution in [3.8, 4) is 5.75 Å². The summed E-state index contributed by atoms with van der Waals surface area (Å²) in [5, 5.41) is 0. The van der Waals surface area contributed by atoms with Gasteiger partial charge in [0.2, 0.25) is 0 Å². The van der Waals surface area contributed by atoms with Gasteiger partial charge in [-0.15, -0.1) is 11.6 Å². The Kier molecular flexibility index (Phi) is 5.75. The van der Waals surface area contributed by atoms with E-state index in [1.807, 2.05) is 0 Å². The zero-order valence-corrected chi connectivity index (χ0v) is 10.8. The molecule has 6 heteroatoms. The molecule has 0 atom stereocenters. The number of alkyl halides is 4. The number of methoxy groups -OCH3 is 1. The van der Waals surface area contributed by atoms with Crippen LogP contribution < -0.4 is 4.74 Å². The van der Waals surface area contributed by atoms with Crippen LogP contribution in [-0.4, -0.2) is 37.2 Å². The van der Waals surface area contributed by atoms with Crippen LogP contribution in [0.3, 0.4) is 0 Å². The predicted octanol–water partition coefficient (Wildman–Crippen LogP) is 3.30. The van der Waals surface area contributed by atoms with E-state index in [9.17, 15) is 13.2 Å². The molecule has 102 valence electrons. The minimum absolute atomic E-state index is 0.158. The molecule has 0 heterocycles. The molecule has 0 saturated carbocycles. The van der Waals surface area contributed by atoms with Gasteiger partial charge in [-0.1, -0.05) is 18.2 Å². The van der Waals surface area contributed by atoms with Gasteiger partial charge < -0.3 is 4.74 Å². The summed E-state index contributed by atoms with van der Waals surface area (Å²) in [6.07, 6.45) is -4.23. The van der Waals surface area contributed by atoms with E-state index in [-0.39, 0.29) is 19.0 Å². The molecule has 0 radical (unpaired) electrons. The number of rotatable bonds is 6. The van der Waals surface area contributed by atoms with Crippen LogP contribution in [-0.2, 0) is 6.54 Å². The molecule has 18 heavy (non-hydrogen) atoms. The number of halogens is 4. The van der Waals surface area contributed by atoms with Crippen LogP contribution in [0.15, 0.2) is 24.3 Å². The molecule has 0 bridgehead atoms. The van der Waals surface area contributed by atoms with Crippen LogP contribution in [0, 0.1) is 0 Å². The fourth-order valence-electron chi connectivity index (χ4n) is 1.66. The maximum Gasteiger partial charge on any atom is 0.401 e. The molecule has 1 rings (SSSR count). The van der Waals surface area contributed by atoms with Gasteiger partial charge >= 0.3 is 6.18 Å². The van der Waals surface area contributed by atoms with E-state index in [0.717, 1.165) is 5.56 Å². The first-order chi connectivity index (χ1) is 8.46. The average Bonchev–Trinajstić information content (AvgIpc) is 2.28. The third-order valence-electron chi connectivity index (χ3n) is 2.39. The monoisotopic (exact) mass is 281 g/mol. The molecule has 2 nitrogen and oxygen atoms in total. The van der Waals surface area contributed by atoms with Crippen LogP contribution in [0.5, 0.6) is 5.75 Å². The van der Waals surface area contributed by atoms with Crippen molar-refractivity contribution in [1.29, 1.82) is 0 Å². The zero-order chi connectivity index (χ0) is 13.6. The summed E-state index contributed by atoms with van der Waals surface area (Å²) in [5.41, 5.74) is 0.717. The lowest BCUT2D eigenvalue weighted by Gasteiger charge is -2.23. The molecule has 0 aliphatic carbocycles. The lowest BCUT2D eigenvalue weighted by atomic mass is 10.2. The zero-order valence-electron chi connectivity index (χ0n) is 10.0. The van der Waals surface area contributed by atoms with Gasteiger partial charge in [-0.3, -0.25) is 4.90 Å². The van der Waals surface area contributed by atoms with Crippen LogP contribution in [0.2, 0.25) is 0 Å². The summed E-state index contributed by atoms with van der Waals surface area (Å²) in [6, 6.07) is 7.01. The predicted molar refractivity (Wildman–Crippen MR) is 65.0 cm³/mol. The fraction of sp³-hybridized carbons (Fsp3) is 0.500. The molecule has 1 aromatic carbocycles. The number of hydrogen-bond acceptors (Lipinski definition) is 2. The second-order valence-corrected chi connectivity index (χ2v) is 4.20. The van der Waals surface area contributed by atoms with Gasteiger partial charge in [-0.2, -0.15) is 13.2 Å². The Labute approximate surface area is 109 Å². The lowest BCUT2D eigenvalue weighted by Crippen LogP contribution is -2.35. The minimum Gasteiger partial charge on any atom is -0.496 e. The molecular weight excluding hydrogens is 267 g/mol. The Balaban J connectivity index is 2.76. The first-order valence-corrected chi connectivity index (χ1v) is 5.96. The van der Waals surface area contributed by atoms with Crippen molar-refractivity contribution in [1.82, 2.24) is 4.90 Å². The molecule has 0 aromatic heterocycles. The molecular formula is C12H15ClF3NO. The topological polar surface area (TPSA) is 12.5 Å². The number of para-hydroxylation sites is 1. The lowest BCUT2D eigenvalue weighted by molar-refractivity contribution is -0.146. The van der Waals surface area contributed by atoms with Crippen molar-refractivity contribution in [3.05, 3.63) is 29.8 Å². The van der Waals surface area contributed by atoms with Crippen molar-refractivity contribution in [2.45, 2.75) is 12.7 Å². The molecule has 0 amide bonds. The van der Waals surface area contributed by atoms with E-state index in [1.54, 1.807) is 24.3 Å². The van der Waals surface area contributed by atoms with Gasteiger partial charge in [0.25, 0.3) is 0 Å². The normalized spacial score (nSPS) is 11.9. The van der Waals surface area contributed by atoms with Crippen LogP contribution in [0.4, 0.5) is 13.2 Å². The van der Waals surface area contributed by atoms with E-state index in [4.69, 9.17) is 16.3 Å². The van der Waals surface area contributed by atoms with E-state index in [2.05, 4.69) is 0 Å². The van der Waals surface area contributed by atoms with Crippen molar-refractivity contribution >= 4 is 11.6 Å². The quantitative estimate of drug-likeness (QED) is 0.742. The highest BCUT2D eigenvalue weighted by atomic mass is 35.5. The molecule has 0 spiro atoms. The molecule has 0 saturated heterocycles. The number of benzene rings is 1. The average molecular weight is 282 g/mol. The van der Waals surface area contributed by atoms with Crippen molar-refractivity contribution in [3.63, 3.8) is 0 Å². The summed E-state index contributed by atoms with van der Waals surface area (Å²) in [7, 11) is 1.49. The number of nitrogens with zero attached hydrogens (tertiary/aromatic N) is 1. The summed E-state index contributed by atoms with van der Waals surface area (Å²) in [5.74, 6) is 0.741. The van der Waals surface area contributed by atoms with E-state index in [0.29, 0.717) is 5.75 Å². The highest BCUT2D eigenvalue weighted by Gasteiger charge is 2.30. The van der Waals surface area contributed by atoms with Crippen LogP contribution >= 0.6 is 11.6 Å². The molecule has 0 aliphatic heterocycles. The SMILES string of the molecule is COc1ccccc1CN(CCCl)CC(F)(F)F. The summed E-state index contributed by atoms with van der Waals surface area (Å²) < 4.78 is 42.3.